The number of methoxy groups -OCH3 is 1. The van der Waals surface area contributed by atoms with Crippen LogP contribution in [0.15, 0.2) is 18.2 Å². The highest BCUT2D eigenvalue weighted by molar-refractivity contribution is 6.32. The maximum atomic E-state index is 11.9. The number of ether oxygens (including phenoxy) is 1. The maximum absolute atomic E-state index is 11.9. The van der Waals surface area contributed by atoms with Crippen LogP contribution in [0.1, 0.15) is 32.3 Å². The number of carboxylic acids is 1. The van der Waals surface area contributed by atoms with E-state index in [0.29, 0.717) is 23.6 Å². The number of carbonyl (C=O) groups excluding carboxylic acids is 1. The Morgan fingerprint density at radius 1 is 1.43 bits per heavy atom. The maximum Gasteiger partial charge on any atom is 0.329 e. The van der Waals surface area contributed by atoms with Crippen LogP contribution in [-0.2, 0) is 16.0 Å². The zero-order valence-electron chi connectivity index (χ0n) is 12.4. The molecule has 2 N–H and O–H groups in total. The molecule has 0 aromatic heterocycles. The topological polar surface area (TPSA) is 75.6 Å². The van der Waals surface area contributed by atoms with Gasteiger partial charge in [0.15, 0.2) is 0 Å². The van der Waals surface area contributed by atoms with E-state index in [-0.39, 0.29) is 12.3 Å². The van der Waals surface area contributed by atoms with Crippen LogP contribution in [0.4, 0.5) is 0 Å². The Morgan fingerprint density at radius 2 is 2.10 bits per heavy atom. The van der Waals surface area contributed by atoms with Gasteiger partial charge in [-0.25, -0.2) is 4.79 Å². The predicted molar refractivity (Wildman–Crippen MR) is 80.8 cm³/mol. The van der Waals surface area contributed by atoms with Gasteiger partial charge in [-0.15, -0.1) is 0 Å². The Bertz CT molecular complexity index is 532. The molecular formula is C15H20ClNO4. The zero-order chi connectivity index (χ0) is 16.0. The second-order valence-corrected chi connectivity index (χ2v) is 5.42. The quantitative estimate of drug-likeness (QED) is 0.811. The number of amides is 1. The second kappa shape index (κ2) is 7.31. The highest BCUT2D eigenvalue weighted by atomic mass is 35.5. The molecule has 0 saturated carbocycles. The lowest BCUT2D eigenvalue weighted by molar-refractivity contribution is -0.147. The second-order valence-electron chi connectivity index (χ2n) is 5.01. The number of carbonyl (C=O) groups is 2. The summed E-state index contributed by atoms with van der Waals surface area (Å²) in [4.78, 5) is 23.0. The third-order valence-corrected chi connectivity index (χ3v) is 3.75. The van der Waals surface area contributed by atoms with Gasteiger partial charge in [0, 0.05) is 6.42 Å². The lowest BCUT2D eigenvalue weighted by atomic mass is 9.98. The smallest absolute Gasteiger partial charge is 0.329 e. The molecule has 1 amide bonds. The van der Waals surface area contributed by atoms with Crippen molar-refractivity contribution >= 4 is 23.5 Å². The minimum absolute atomic E-state index is 0.200. The van der Waals surface area contributed by atoms with Crippen molar-refractivity contribution in [3.05, 3.63) is 28.8 Å². The molecule has 0 aliphatic heterocycles. The number of nitrogens with one attached hydrogen (secondary N) is 1. The van der Waals surface area contributed by atoms with E-state index in [1.54, 1.807) is 19.1 Å². The molecule has 1 aromatic carbocycles. The molecule has 0 saturated heterocycles. The van der Waals surface area contributed by atoms with Gasteiger partial charge in [0.2, 0.25) is 5.91 Å². The van der Waals surface area contributed by atoms with E-state index in [1.807, 2.05) is 6.07 Å². The molecule has 116 valence electrons. The predicted octanol–water partition coefficient (Wildman–Crippen LogP) is 2.65. The first-order valence-electron chi connectivity index (χ1n) is 6.69. The fourth-order valence-corrected chi connectivity index (χ4v) is 2.07. The standard InChI is InChI=1S/C15H20ClNO4/c1-4-15(2,14(19)20)17-13(18)8-6-10-5-7-12(21-3)11(16)9-10/h5,7,9H,4,6,8H2,1-3H3,(H,17,18)(H,19,20). The van der Waals surface area contributed by atoms with Gasteiger partial charge in [-0.3, -0.25) is 4.79 Å². The minimum Gasteiger partial charge on any atom is -0.495 e. The number of carboxylic acid groups (broad SMARTS) is 1. The molecule has 1 rings (SSSR count). The van der Waals surface area contributed by atoms with Gasteiger partial charge in [-0.1, -0.05) is 24.6 Å². The Balaban J connectivity index is 2.61. The van der Waals surface area contributed by atoms with Gasteiger partial charge in [0.25, 0.3) is 0 Å². The Hall–Kier alpha value is -1.75. The highest BCUT2D eigenvalue weighted by Crippen LogP contribution is 2.25. The average Bonchev–Trinajstić information content (AvgIpc) is 2.44. The molecule has 6 heteroatoms. The monoisotopic (exact) mass is 313 g/mol. The van der Waals surface area contributed by atoms with E-state index < -0.39 is 11.5 Å². The van der Waals surface area contributed by atoms with Crippen LogP contribution in [0.5, 0.6) is 5.75 Å². The average molecular weight is 314 g/mol. The number of aliphatic carboxylic acids is 1. The van der Waals surface area contributed by atoms with Gasteiger partial charge in [-0.2, -0.15) is 0 Å². The third-order valence-electron chi connectivity index (χ3n) is 3.45. The molecule has 0 radical (unpaired) electrons. The van der Waals surface area contributed by atoms with E-state index >= 15 is 0 Å². The lowest BCUT2D eigenvalue weighted by Gasteiger charge is -2.24. The molecule has 5 nitrogen and oxygen atoms in total. The van der Waals surface area contributed by atoms with Gasteiger partial charge < -0.3 is 15.2 Å². The molecule has 0 bridgehead atoms. The van der Waals surface area contributed by atoms with Gasteiger partial charge >= 0.3 is 5.97 Å². The zero-order valence-corrected chi connectivity index (χ0v) is 13.2. The molecule has 0 fully saturated rings. The molecule has 0 heterocycles. The molecule has 21 heavy (non-hydrogen) atoms. The van der Waals surface area contributed by atoms with E-state index in [2.05, 4.69) is 5.32 Å². The minimum atomic E-state index is -1.23. The molecule has 1 unspecified atom stereocenters. The van der Waals surface area contributed by atoms with Crippen molar-refractivity contribution < 1.29 is 19.4 Å². The van der Waals surface area contributed by atoms with Crippen molar-refractivity contribution in [2.24, 2.45) is 0 Å². The van der Waals surface area contributed by atoms with Crippen molar-refractivity contribution in [2.45, 2.75) is 38.6 Å². The summed E-state index contributed by atoms with van der Waals surface area (Å²) in [7, 11) is 1.53. The molecule has 0 aliphatic rings. The number of hydrogen-bond acceptors (Lipinski definition) is 3. The molecule has 0 spiro atoms. The summed E-state index contributed by atoms with van der Waals surface area (Å²) >= 11 is 6.01. The summed E-state index contributed by atoms with van der Waals surface area (Å²) in [6, 6.07) is 5.31. The summed E-state index contributed by atoms with van der Waals surface area (Å²) in [5.74, 6) is -0.756. The van der Waals surface area contributed by atoms with Crippen LogP contribution < -0.4 is 10.1 Å². The number of aryl methyl sites for hydroxylation is 1. The van der Waals surface area contributed by atoms with Gasteiger partial charge in [-0.05, 0) is 37.5 Å². The first-order valence-corrected chi connectivity index (χ1v) is 7.07. The molecular weight excluding hydrogens is 294 g/mol. The largest absolute Gasteiger partial charge is 0.495 e. The van der Waals surface area contributed by atoms with E-state index in [0.717, 1.165) is 5.56 Å². The Kier molecular flexibility index (Phi) is 6.03. The van der Waals surface area contributed by atoms with Crippen molar-refractivity contribution in [1.82, 2.24) is 5.32 Å². The highest BCUT2D eigenvalue weighted by Gasteiger charge is 2.32. The van der Waals surface area contributed by atoms with E-state index in [4.69, 9.17) is 21.4 Å². The van der Waals surface area contributed by atoms with Crippen molar-refractivity contribution in [2.75, 3.05) is 7.11 Å². The summed E-state index contributed by atoms with van der Waals surface area (Å²) in [5, 5.41) is 12.2. The van der Waals surface area contributed by atoms with Crippen molar-refractivity contribution in [3.63, 3.8) is 0 Å². The van der Waals surface area contributed by atoms with E-state index in [9.17, 15) is 9.59 Å². The fraction of sp³-hybridized carbons (Fsp3) is 0.467. The van der Waals surface area contributed by atoms with Crippen LogP contribution in [0.2, 0.25) is 5.02 Å². The Morgan fingerprint density at radius 3 is 2.57 bits per heavy atom. The van der Waals surface area contributed by atoms with Crippen molar-refractivity contribution in [3.8, 4) is 5.75 Å². The van der Waals surface area contributed by atoms with Crippen LogP contribution in [0.3, 0.4) is 0 Å². The summed E-state index contributed by atoms with van der Waals surface area (Å²) in [6.45, 7) is 3.22. The van der Waals surface area contributed by atoms with Crippen LogP contribution in [0.25, 0.3) is 0 Å². The number of hydrogen-bond donors (Lipinski definition) is 2. The third kappa shape index (κ3) is 4.63. The van der Waals surface area contributed by atoms with Crippen molar-refractivity contribution in [1.29, 1.82) is 0 Å². The van der Waals surface area contributed by atoms with E-state index in [1.165, 1.54) is 14.0 Å². The fourth-order valence-electron chi connectivity index (χ4n) is 1.79. The first kappa shape index (κ1) is 17.3. The lowest BCUT2D eigenvalue weighted by Crippen LogP contribution is -2.51. The first-order chi connectivity index (χ1) is 9.82. The molecule has 1 aromatic rings. The van der Waals surface area contributed by atoms with Crippen LogP contribution in [-0.4, -0.2) is 29.6 Å². The van der Waals surface area contributed by atoms with Crippen LogP contribution >= 0.6 is 11.6 Å². The normalized spacial score (nSPS) is 13.3. The van der Waals surface area contributed by atoms with Gasteiger partial charge in [0.05, 0.1) is 12.1 Å². The Labute approximate surface area is 129 Å². The van der Waals surface area contributed by atoms with Gasteiger partial charge in [0.1, 0.15) is 11.3 Å². The number of halogens is 1. The van der Waals surface area contributed by atoms with Crippen LogP contribution in [0, 0.1) is 0 Å². The summed E-state index contributed by atoms with van der Waals surface area (Å²) < 4.78 is 5.06. The number of rotatable bonds is 7. The molecule has 1 atom stereocenters. The summed E-state index contributed by atoms with van der Waals surface area (Å²) in [6.07, 6.45) is 1.00. The SMILES string of the molecule is CCC(C)(NC(=O)CCc1ccc(OC)c(Cl)c1)C(=O)O. The summed E-state index contributed by atoms with van der Waals surface area (Å²) in [5.41, 5.74) is -0.335. The number of benzene rings is 1. The molecule has 0 aliphatic carbocycles.